The monoisotopic (exact) mass is 674 g/mol. The van der Waals surface area contributed by atoms with Crippen LogP contribution >= 0.6 is 11.6 Å². The summed E-state index contributed by atoms with van der Waals surface area (Å²) >= 11 is 5.82. The van der Waals surface area contributed by atoms with Crippen LogP contribution in [-0.4, -0.2) is 79.5 Å². The molecule has 2 aromatic carbocycles. The normalized spacial score (nSPS) is 16.5. The van der Waals surface area contributed by atoms with E-state index in [9.17, 15) is 22.8 Å². The van der Waals surface area contributed by atoms with Gasteiger partial charge in [0.2, 0.25) is 5.88 Å². The third kappa shape index (κ3) is 7.45. The molecule has 47 heavy (non-hydrogen) atoms. The molecule has 1 atom stereocenters. The van der Waals surface area contributed by atoms with Crippen LogP contribution in [-0.2, 0) is 6.18 Å². The molecule has 0 unspecified atom stereocenters. The summed E-state index contributed by atoms with van der Waals surface area (Å²) in [6, 6.07) is 9.17. The van der Waals surface area contributed by atoms with Gasteiger partial charge < -0.3 is 25.2 Å². The number of amidine groups is 1. The number of carbonyl (C=O) groups is 2. The van der Waals surface area contributed by atoms with Gasteiger partial charge in [0.05, 0.1) is 41.4 Å². The summed E-state index contributed by atoms with van der Waals surface area (Å²) in [6.45, 7) is 5.79. The van der Waals surface area contributed by atoms with E-state index in [1.54, 1.807) is 31.2 Å². The first-order chi connectivity index (χ1) is 22.5. The van der Waals surface area contributed by atoms with E-state index < -0.39 is 41.0 Å². The minimum absolute atomic E-state index is 0.0439. The lowest BCUT2D eigenvalue weighted by Gasteiger charge is -2.43. The fourth-order valence-corrected chi connectivity index (χ4v) is 6.06. The molecule has 0 saturated carbocycles. The highest BCUT2D eigenvalue weighted by Gasteiger charge is 2.39. The van der Waals surface area contributed by atoms with Crippen LogP contribution in [0.15, 0.2) is 53.7 Å². The average molecular weight is 675 g/mol. The molecule has 3 aromatic rings. The van der Waals surface area contributed by atoms with E-state index in [1.165, 1.54) is 17.2 Å². The Kier molecular flexibility index (Phi) is 10.5. The van der Waals surface area contributed by atoms with Gasteiger partial charge in [-0.1, -0.05) is 18.5 Å². The molecular formula is C33H35ClF4N6O3. The molecule has 5 rings (SSSR count). The highest BCUT2D eigenvalue weighted by atomic mass is 35.5. The topological polar surface area (TPSA) is 99.2 Å². The summed E-state index contributed by atoms with van der Waals surface area (Å²) in [5.74, 6) is -1.20. The molecule has 2 aliphatic rings. The van der Waals surface area contributed by atoms with Crippen LogP contribution in [0.3, 0.4) is 0 Å². The highest BCUT2D eigenvalue weighted by Crippen LogP contribution is 2.38. The number of halogens is 5. The molecule has 3 heterocycles. The Balaban J connectivity index is 1.47. The molecule has 2 N–H and O–H groups in total. The Morgan fingerprint density at radius 1 is 1.13 bits per heavy atom. The van der Waals surface area contributed by atoms with Gasteiger partial charge in [-0.3, -0.25) is 14.6 Å². The zero-order valence-corrected chi connectivity index (χ0v) is 26.7. The summed E-state index contributed by atoms with van der Waals surface area (Å²) in [5.41, 5.74) is -0.982. The largest absolute Gasteiger partial charge is 0.478 e. The molecular weight excluding hydrogens is 640 g/mol. The number of piperazine rings is 1. The van der Waals surface area contributed by atoms with E-state index in [0.29, 0.717) is 37.2 Å². The van der Waals surface area contributed by atoms with Crippen LogP contribution < -0.4 is 20.3 Å². The fourth-order valence-electron chi connectivity index (χ4n) is 5.89. The first-order valence-corrected chi connectivity index (χ1v) is 15.8. The number of carbonyl (C=O) groups excluding carboxylic acids is 2. The number of ether oxygens (including phenoxy) is 1. The molecule has 1 fully saturated rings. The molecule has 0 radical (unpaired) electrons. The molecule has 1 saturated heterocycles. The van der Waals surface area contributed by atoms with Crippen molar-refractivity contribution in [3.63, 3.8) is 0 Å². The summed E-state index contributed by atoms with van der Waals surface area (Å²) in [6.07, 6.45) is -2.34. The van der Waals surface area contributed by atoms with Gasteiger partial charge in [-0.15, -0.1) is 0 Å². The number of rotatable bonds is 10. The smallest absolute Gasteiger partial charge is 0.417 e. The van der Waals surface area contributed by atoms with Gasteiger partial charge >= 0.3 is 6.18 Å². The molecule has 0 aliphatic carbocycles. The van der Waals surface area contributed by atoms with Crippen LogP contribution in [0.1, 0.15) is 53.0 Å². The van der Waals surface area contributed by atoms with E-state index in [4.69, 9.17) is 16.3 Å². The molecule has 2 amide bonds. The number of alkyl halides is 3. The average Bonchev–Trinajstić information content (AvgIpc) is 3.57. The van der Waals surface area contributed by atoms with Crippen molar-refractivity contribution >= 4 is 34.9 Å². The van der Waals surface area contributed by atoms with Gasteiger partial charge in [-0.2, -0.15) is 13.2 Å². The molecule has 2 aliphatic heterocycles. The van der Waals surface area contributed by atoms with E-state index in [2.05, 4.69) is 20.6 Å². The molecule has 0 spiro atoms. The van der Waals surface area contributed by atoms with E-state index in [-0.39, 0.29) is 48.2 Å². The predicted molar refractivity (Wildman–Crippen MR) is 172 cm³/mol. The number of hydrogen-bond donors (Lipinski definition) is 2. The van der Waals surface area contributed by atoms with Crippen molar-refractivity contribution in [1.82, 2.24) is 20.5 Å². The minimum Gasteiger partial charge on any atom is -0.478 e. The molecule has 14 heteroatoms. The zero-order valence-electron chi connectivity index (χ0n) is 26.0. The SMILES string of the molecule is CCOc1ncccc1-c1ccc(N2CCN(C(=O)c3ccc(Cl)cc3C(F)(F)F)C[C@H]2CC)c(C(=O)NCCC2=NCCN2)c1F. The Morgan fingerprint density at radius 2 is 1.94 bits per heavy atom. The van der Waals surface area contributed by atoms with Crippen molar-refractivity contribution in [3.8, 4) is 17.0 Å². The van der Waals surface area contributed by atoms with Crippen LogP contribution in [0.4, 0.5) is 23.2 Å². The first-order valence-electron chi connectivity index (χ1n) is 15.4. The first kappa shape index (κ1) is 34.0. The van der Waals surface area contributed by atoms with Crippen LogP contribution in [0.2, 0.25) is 5.02 Å². The second kappa shape index (κ2) is 14.6. The second-order valence-electron chi connectivity index (χ2n) is 11.1. The second-order valence-corrected chi connectivity index (χ2v) is 11.5. The van der Waals surface area contributed by atoms with E-state index in [0.717, 1.165) is 24.5 Å². The Labute approximate surface area is 275 Å². The summed E-state index contributed by atoms with van der Waals surface area (Å²) in [4.78, 5) is 38.9. The number of amides is 2. The van der Waals surface area contributed by atoms with Crippen molar-refractivity contribution in [2.75, 3.05) is 50.8 Å². The lowest BCUT2D eigenvalue weighted by atomic mass is 9.97. The van der Waals surface area contributed by atoms with Crippen molar-refractivity contribution in [3.05, 3.63) is 76.2 Å². The third-order valence-electron chi connectivity index (χ3n) is 8.15. The third-order valence-corrected chi connectivity index (χ3v) is 8.38. The number of aliphatic imine (C=N–C) groups is 1. The van der Waals surface area contributed by atoms with Crippen molar-refractivity contribution < 1.29 is 31.9 Å². The van der Waals surface area contributed by atoms with Gasteiger partial charge in [0.15, 0.2) is 0 Å². The Hall–Kier alpha value is -4.39. The van der Waals surface area contributed by atoms with Gasteiger partial charge in [0.1, 0.15) is 5.82 Å². The number of hydrogen-bond acceptors (Lipinski definition) is 7. The molecule has 0 bridgehead atoms. The summed E-state index contributed by atoms with van der Waals surface area (Å²) in [5, 5.41) is 5.83. The maximum absolute atomic E-state index is 16.6. The van der Waals surface area contributed by atoms with Gasteiger partial charge in [0.25, 0.3) is 11.8 Å². The number of nitrogens with zero attached hydrogens (tertiary/aromatic N) is 4. The fraction of sp³-hybridized carbons (Fsp3) is 0.394. The van der Waals surface area contributed by atoms with E-state index in [1.807, 2.05) is 11.8 Å². The lowest BCUT2D eigenvalue weighted by Crippen LogP contribution is -2.55. The van der Waals surface area contributed by atoms with Gasteiger partial charge in [0, 0.05) is 67.5 Å². The molecule has 250 valence electrons. The standard InChI is InChI=1S/C33H35ClF4N6O3/c1-3-21-19-43(32(46)24-8-7-20(34)18-25(24)33(36,37)38)16-17-44(21)26-10-9-22(23-6-5-12-42-31(23)47-4-2)29(35)28(26)30(45)41-13-11-27-39-14-15-40-27/h5-10,12,18,21H,3-4,11,13-17,19H2,1-2H3,(H,39,40)(H,41,45)/t21-/m1/s1. The zero-order chi connectivity index (χ0) is 33.7. The summed E-state index contributed by atoms with van der Waals surface area (Å²) < 4.78 is 63.7. The molecule has 1 aromatic heterocycles. The Morgan fingerprint density at radius 3 is 2.64 bits per heavy atom. The maximum Gasteiger partial charge on any atom is 0.417 e. The number of pyridine rings is 1. The predicted octanol–water partition coefficient (Wildman–Crippen LogP) is 5.82. The van der Waals surface area contributed by atoms with E-state index >= 15 is 4.39 Å². The number of nitrogens with one attached hydrogen (secondary N) is 2. The highest BCUT2D eigenvalue weighted by molar-refractivity contribution is 6.30. The molecule has 9 nitrogen and oxygen atoms in total. The van der Waals surface area contributed by atoms with Gasteiger partial charge in [-0.25, -0.2) is 9.37 Å². The van der Waals surface area contributed by atoms with Crippen LogP contribution in [0.5, 0.6) is 5.88 Å². The van der Waals surface area contributed by atoms with Gasteiger partial charge in [-0.05, 0) is 55.8 Å². The Bertz CT molecular complexity index is 1670. The lowest BCUT2D eigenvalue weighted by molar-refractivity contribution is -0.138. The van der Waals surface area contributed by atoms with Crippen molar-refractivity contribution in [1.29, 1.82) is 0 Å². The van der Waals surface area contributed by atoms with Crippen LogP contribution in [0.25, 0.3) is 11.1 Å². The number of anilines is 1. The van der Waals surface area contributed by atoms with Crippen molar-refractivity contribution in [2.24, 2.45) is 4.99 Å². The van der Waals surface area contributed by atoms with Crippen LogP contribution in [0, 0.1) is 5.82 Å². The minimum atomic E-state index is -4.78. The van der Waals surface area contributed by atoms with Crippen molar-refractivity contribution in [2.45, 2.75) is 38.9 Å². The quantitative estimate of drug-likeness (QED) is 0.263. The summed E-state index contributed by atoms with van der Waals surface area (Å²) in [7, 11) is 0. The number of benzene rings is 2. The number of aromatic nitrogens is 1. The maximum atomic E-state index is 16.6.